The number of carboxylic acid groups (broad SMARTS) is 1. The van der Waals surface area contributed by atoms with Crippen molar-refractivity contribution in [2.45, 2.75) is 20.4 Å². The molecule has 0 radical (unpaired) electrons. The lowest BCUT2D eigenvalue weighted by atomic mass is 10.1. The summed E-state index contributed by atoms with van der Waals surface area (Å²) >= 11 is 0. The van der Waals surface area contributed by atoms with Crippen LogP contribution < -0.4 is 0 Å². The standard InChI is InChI=1S/C15H14N2O3/c1-9-13(10(2)20-16-9)8-17-7-6-11-12(15(18)19)4-3-5-14(11)17/h3-7H,8H2,1-2H3,(H,18,19). The normalized spacial score (nSPS) is 11.1. The van der Waals surface area contributed by atoms with Gasteiger partial charge >= 0.3 is 5.97 Å². The van der Waals surface area contributed by atoms with Gasteiger partial charge in [0.2, 0.25) is 0 Å². The van der Waals surface area contributed by atoms with Crippen molar-refractivity contribution in [3.63, 3.8) is 0 Å². The van der Waals surface area contributed by atoms with Gasteiger partial charge in [-0.2, -0.15) is 0 Å². The average Bonchev–Trinajstić information content (AvgIpc) is 2.97. The van der Waals surface area contributed by atoms with E-state index < -0.39 is 5.97 Å². The van der Waals surface area contributed by atoms with Crippen LogP contribution in [0.15, 0.2) is 35.0 Å². The van der Waals surface area contributed by atoms with Crippen LogP contribution in [0.5, 0.6) is 0 Å². The van der Waals surface area contributed by atoms with Crippen LogP contribution in [0, 0.1) is 13.8 Å². The maximum absolute atomic E-state index is 11.2. The number of nitrogens with zero attached hydrogens (tertiary/aromatic N) is 2. The van der Waals surface area contributed by atoms with E-state index in [1.807, 2.05) is 36.7 Å². The van der Waals surface area contributed by atoms with Crippen molar-refractivity contribution < 1.29 is 14.4 Å². The minimum Gasteiger partial charge on any atom is -0.478 e. The Balaban J connectivity index is 2.10. The molecule has 0 unspecified atom stereocenters. The molecule has 3 aromatic rings. The molecule has 0 atom stereocenters. The highest BCUT2D eigenvalue weighted by Gasteiger charge is 2.14. The van der Waals surface area contributed by atoms with Crippen LogP contribution in [0.25, 0.3) is 10.9 Å². The number of aromatic carboxylic acids is 1. The first-order valence-electron chi connectivity index (χ1n) is 6.31. The Morgan fingerprint density at radius 2 is 2.15 bits per heavy atom. The first kappa shape index (κ1) is 12.5. The summed E-state index contributed by atoms with van der Waals surface area (Å²) in [6.07, 6.45) is 1.89. The summed E-state index contributed by atoms with van der Waals surface area (Å²) in [5, 5.41) is 13.9. The van der Waals surface area contributed by atoms with E-state index in [0.29, 0.717) is 12.1 Å². The second kappa shape index (κ2) is 4.52. The van der Waals surface area contributed by atoms with Crippen molar-refractivity contribution in [1.82, 2.24) is 9.72 Å². The summed E-state index contributed by atoms with van der Waals surface area (Å²) in [6, 6.07) is 7.12. The third kappa shape index (κ3) is 1.87. The van der Waals surface area contributed by atoms with Crippen molar-refractivity contribution in [2.75, 3.05) is 0 Å². The van der Waals surface area contributed by atoms with Gasteiger partial charge in [0.05, 0.1) is 17.8 Å². The Bertz CT molecular complexity index is 779. The van der Waals surface area contributed by atoms with Gasteiger partial charge in [-0.05, 0) is 32.0 Å². The quantitative estimate of drug-likeness (QED) is 0.794. The molecule has 0 aliphatic rings. The molecule has 5 heteroatoms. The monoisotopic (exact) mass is 270 g/mol. The number of carboxylic acids is 1. The fourth-order valence-electron chi connectivity index (χ4n) is 2.45. The lowest BCUT2D eigenvalue weighted by Gasteiger charge is -2.05. The molecule has 0 aliphatic carbocycles. The van der Waals surface area contributed by atoms with Crippen LogP contribution in [0.3, 0.4) is 0 Å². The molecule has 2 aromatic heterocycles. The topological polar surface area (TPSA) is 68.3 Å². The molecule has 0 fully saturated rings. The van der Waals surface area contributed by atoms with Gasteiger partial charge in [-0.15, -0.1) is 0 Å². The van der Waals surface area contributed by atoms with Gasteiger partial charge < -0.3 is 14.2 Å². The highest BCUT2D eigenvalue weighted by Crippen LogP contribution is 2.23. The van der Waals surface area contributed by atoms with Crippen LogP contribution in [0.1, 0.15) is 27.4 Å². The fraction of sp³-hybridized carbons (Fsp3) is 0.200. The van der Waals surface area contributed by atoms with Gasteiger partial charge in [0, 0.05) is 22.7 Å². The van der Waals surface area contributed by atoms with E-state index in [0.717, 1.165) is 27.9 Å². The Morgan fingerprint density at radius 1 is 1.35 bits per heavy atom. The van der Waals surface area contributed by atoms with E-state index in [-0.39, 0.29) is 0 Å². The SMILES string of the molecule is Cc1noc(C)c1Cn1ccc2c(C(=O)O)cccc21. The lowest BCUT2D eigenvalue weighted by molar-refractivity contribution is 0.0699. The van der Waals surface area contributed by atoms with Gasteiger partial charge in [-0.25, -0.2) is 4.79 Å². The molecule has 3 rings (SSSR count). The molecule has 0 spiro atoms. The minimum absolute atomic E-state index is 0.319. The van der Waals surface area contributed by atoms with Crippen LogP contribution in [0.2, 0.25) is 0 Å². The molecule has 0 saturated heterocycles. The van der Waals surface area contributed by atoms with Crippen molar-refractivity contribution in [1.29, 1.82) is 0 Å². The van der Waals surface area contributed by atoms with Crippen LogP contribution >= 0.6 is 0 Å². The first-order chi connectivity index (χ1) is 9.58. The van der Waals surface area contributed by atoms with E-state index in [9.17, 15) is 9.90 Å². The maximum atomic E-state index is 11.2. The van der Waals surface area contributed by atoms with Gasteiger partial charge in [0.15, 0.2) is 0 Å². The molecule has 1 N–H and O–H groups in total. The number of carbonyl (C=O) groups is 1. The second-order valence-electron chi connectivity index (χ2n) is 4.79. The van der Waals surface area contributed by atoms with Crippen molar-refractivity contribution in [3.05, 3.63) is 53.0 Å². The van der Waals surface area contributed by atoms with Crippen LogP contribution in [-0.2, 0) is 6.54 Å². The highest BCUT2D eigenvalue weighted by atomic mass is 16.5. The number of fused-ring (bicyclic) bond motifs is 1. The minimum atomic E-state index is -0.911. The Hall–Kier alpha value is -2.56. The average molecular weight is 270 g/mol. The molecule has 2 heterocycles. The zero-order valence-electron chi connectivity index (χ0n) is 11.3. The van der Waals surface area contributed by atoms with E-state index >= 15 is 0 Å². The molecule has 0 amide bonds. The van der Waals surface area contributed by atoms with E-state index in [1.54, 1.807) is 12.1 Å². The highest BCUT2D eigenvalue weighted by molar-refractivity contribution is 6.02. The summed E-state index contributed by atoms with van der Waals surface area (Å²) < 4.78 is 7.17. The number of rotatable bonds is 3. The third-order valence-electron chi connectivity index (χ3n) is 3.55. The van der Waals surface area contributed by atoms with Gasteiger partial charge in [0.1, 0.15) is 5.76 Å². The predicted molar refractivity (Wildman–Crippen MR) is 74.0 cm³/mol. The van der Waals surface area contributed by atoms with Gasteiger partial charge in [0.25, 0.3) is 0 Å². The molecule has 20 heavy (non-hydrogen) atoms. The maximum Gasteiger partial charge on any atom is 0.336 e. The number of benzene rings is 1. The van der Waals surface area contributed by atoms with Crippen molar-refractivity contribution >= 4 is 16.9 Å². The van der Waals surface area contributed by atoms with E-state index in [1.165, 1.54) is 0 Å². The molecule has 0 saturated carbocycles. The van der Waals surface area contributed by atoms with Crippen LogP contribution in [-0.4, -0.2) is 20.8 Å². The van der Waals surface area contributed by atoms with Gasteiger partial charge in [-0.3, -0.25) is 0 Å². The van der Waals surface area contributed by atoms with Crippen molar-refractivity contribution in [3.8, 4) is 0 Å². The molecular weight excluding hydrogens is 256 g/mol. The molecule has 0 aliphatic heterocycles. The van der Waals surface area contributed by atoms with Gasteiger partial charge in [-0.1, -0.05) is 11.2 Å². The number of aromatic nitrogens is 2. The molecular formula is C15H14N2O3. The molecule has 102 valence electrons. The van der Waals surface area contributed by atoms with E-state index in [4.69, 9.17) is 4.52 Å². The zero-order chi connectivity index (χ0) is 14.3. The summed E-state index contributed by atoms with van der Waals surface area (Å²) in [7, 11) is 0. The molecule has 0 bridgehead atoms. The Kier molecular flexibility index (Phi) is 2.82. The Labute approximate surface area is 115 Å². The summed E-state index contributed by atoms with van der Waals surface area (Å²) in [5.74, 6) is -0.121. The third-order valence-corrected chi connectivity index (χ3v) is 3.55. The molecule has 1 aromatic carbocycles. The summed E-state index contributed by atoms with van der Waals surface area (Å²) in [5.41, 5.74) is 3.10. The lowest BCUT2D eigenvalue weighted by Crippen LogP contribution is -2.01. The Morgan fingerprint density at radius 3 is 2.80 bits per heavy atom. The largest absolute Gasteiger partial charge is 0.478 e. The summed E-state index contributed by atoms with van der Waals surface area (Å²) in [6.45, 7) is 4.40. The predicted octanol–water partition coefficient (Wildman–Crippen LogP) is 2.99. The van der Waals surface area contributed by atoms with Crippen molar-refractivity contribution in [2.24, 2.45) is 0 Å². The first-order valence-corrected chi connectivity index (χ1v) is 6.31. The smallest absolute Gasteiger partial charge is 0.336 e. The fourth-order valence-corrected chi connectivity index (χ4v) is 2.45. The number of hydrogen-bond donors (Lipinski definition) is 1. The number of aryl methyl sites for hydroxylation is 2. The summed E-state index contributed by atoms with van der Waals surface area (Å²) in [4.78, 5) is 11.2. The van der Waals surface area contributed by atoms with Crippen LogP contribution in [0.4, 0.5) is 0 Å². The van der Waals surface area contributed by atoms with E-state index in [2.05, 4.69) is 5.16 Å². The second-order valence-corrected chi connectivity index (χ2v) is 4.79. The number of hydrogen-bond acceptors (Lipinski definition) is 3. The molecule has 5 nitrogen and oxygen atoms in total. The zero-order valence-corrected chi connectivity index (χ0v) is 11.3.